The van der Waals surface area contributed by atoms with Crippen LogP contribution in [-0.4, -0.2) is 58.7 Å². The van der Waals surface area contributed by atoms with Crippen molar-refractivity contribution in [3.63, 3.8) is 0 Å². The molecule has 0 aliphatic carbocycles. The molecule has 1 aromatic rings. The molecule has 2 heterocycles. The highest BCUT2D eigenvalue weighted by Gasteiger charge is 2.20. The standard InChI is InChI=1S/C18H28N4O3S.HI/c1-19-18(22-10-2-3-11-22)20-13-15-6-8-17(9-7-15)26(23,24)21-14-16-5-4-12-25-16;/h6-9,16,21H,2-5,10-14H2,1H3,(H,19,20);1H. The number of benzene rings is 1. The molecule has 0 saturated carbocycles. The summed E-state index contributed by atoms with van der Waals surface area (Å²) in [6, 6.07) is 6.97. The van der Waals surface area contributed by atoms with Gasteiger partial charge in [-0.25, -0.2) is 13.1 Å². The van der Waals surface area contributed by atoms with Crippen LogP contribution in [0.3, 0.4) is 0 Å². The molecule has 0 amide bonds. The topological polar surface area (TPSA) is 83.0 Å². The van der Waals surface area contributed by atoms with E-state index in [9.17, 15) is 8.42 Å². The minimum atomic E-state index is -3.50. The van der Waals surface area contributed by atoms with Gasteiger partial charge < -0.3 is 15.0 Å². The van der Waals surface area contributed by atoms with Crippen molar-refractivity contribution in [3.8, 4) is 0 Å². The summed E-state index contributed by atoms with van der Waals surface area (Å²) in [5, 5.41) is 3.34. The fourth-order valence-corrected chi connectivity index (χ4v) is 4.39. The molecule has 1 aromatic carbocycles. The van der Waals surface area contributed by atoms with E-state index < -0.39 is 10.0 Å². The molecular formula is C18H29IN4O3S. The van der Waals surface area contributed by atoms with Gasteiger partial charge >= 0.3 is 0 Å². The normalized spacial score (nSPS) is 20.6. The van der Waals surface area contributed by atoms with Crippen LogP contribution < -0.4 is 10.0 Å². The summed E-state index contributed by atoms with van der Waals surface area (Å²) in [6.45, 7) is 3.74. The number of guanidine groups is 1. The number of nitrogens with zero attached hydrogens (tertiary/aromatic N) is 2. The number of hydrogen-bond acceptors (Lipinski definition) is 4. The van der Waals surface area contributed by atoms with Crippen LogP contribution in [0.2, 0.25) is 0 Å². The Kier molecular flexibility index (Phi) is 8.77. The van der Waals surface area contributed by atoms with E-state index in [4.69, 9.17) is 4.74 Å². The van der Waals surface area contributed by atoms with Gasteiger partial charge in [0.1, 0.15) is 0 Å². The van der Waals surface area contributed by atoms with Gasteiger partial charge in [0.2, 0.25) is 10.0 Å². The number of halogens is 1. The van der Waals surface area contributed by atoms with E-state index in [1.54, 1.807) is 19.2 Å². The van der Waals surface area contributed by atoms with Crippen LogP contribution in [0.1, 0.15) is 31.2 Å². The van der Waals surface area contributed by atoms with E-state index in [2.05, 4.69) is 19.9 Å². The van der Waals surface area contributed by atoms with Gasteiger partial charge in [0.15, 0.2) is 5.96 Å². The molecule has 2 fully saturated rings. The lowest BCUT2D eigenvalue weighted by molar-refractivity contribution is 0.114. The molecule has 27 heavy (non-hydrogen) atoms. The maximum Gasteiger partial charge on any atom is 0.240 e. The molecule has 9 heteroatoms. The zero-order valence-corrected chi connectivity index (χ0v) is 18.8. The number of aliphatic imine (C=N–C) groups is 1. The van der Waals surface area contributed by atoms with Crippen LogP contribution in [0.5, 0.6) is 0 Å². The lowest BCUT2D eigenvalue weighted by Gasteiger charge is -2.20. The fourth-order valence-electron chi connectivity index (χ4n) is 3.32. The lowest BCUT2D eigenvalue weighted by Crippen LogP contribution is -2.39. The maximum atomic E-state index is 12.4. The van der Waals surface area contributed by atoms with Crippen LogP contribution >= 0.6 is 24.0 Å². The quantitative estimate of drug-likeness (QED) is 0.349. The number of rotatable bonds is 6. The molecule has 1 atom stereocenters. The van der Waals surface area contributed by atoms with Crippen molar-refractivity contribution < 1.29 is 13.2 Å². The molecule has 0 bridgehead atoms. The van der Waals surface area contributed by atoms with Gasteiger partial charge in [0.25, 0.3) is 0 Å². The van der Waals surface area contributed by atoms with E-state index in [0.29, 0.717) is 19.7 Å². The van der Waals surface area contributed by atoms with Crippen molar-refractivity contribution in [3.05, 3.63) is 29.8 Å². The number of likely N-dealkylation sites (tertiary alicyclic amines) is 1. The Morgan fingerprint density at radius 2 is 1.93 bits per heavy atom. The van der Waals surface area contributed by atoms with Crippen molar-refractivity contribution in [2.45, 2.75) is 43.2 Å². The molecule has 0 spiro atoms. The SMILES string of the molecule is CN=C(NCc1ccc(S(=O)(=O)NCC2CCCO2)cc1)N1CCCC1.I. The number of hydrogen-bond donors (Lipinski definition) is 2. The summed E-state index contributed by atoms with van der Waals surface area (Å²) in [6.07, 6.45) is 4.30. The van der Waals surface area contributed by atoms with Crippen LogP contribution in [0, 0.1) is 0 Å². The van der Waals surface area contributed by atoms with Crippen molar-refractivity contribution >= 4 is 40.0 Å². The van der Waals surface area contributed by atoms with Gasteiger partial charge in [0, 0.05) is 39.8 Å². The molecule has 2 aliphatic heterocycles. The van der Waals surface area contributed by atoms with E-state index >= 15 is 0 Å². The van der Waals surface area contributed by atoms with Gasteiger partial charge in [-0.1, -0.05) is 12.1 Å². The summed E-state index contributed by atoms with van der Waals surface area (Å²) in [5.41, 5.74) is 1.02. The van der Waals surface area contributed by atoms with Crippen LogP contribution in [0.25, 0.3) is 0 Å². The second kappa shape index (κ2) is 10.6. The Labute approximate surface area is 179 Å². The second-order valence-electron chi connectivity index (χ2n) is 6.73. The smallest absolute Gasteiger partial charge is 0.240 e. The third kappa shape index (κ3) is 6.30. The molecule has 152 valence electrons. The van der Waals surface area contributed by atoms with Crippen molar-refractivity contribution in [2.75, 3.05) is 33.3 Å². The minimum Gasteiger partial charge on any atom is -0.377 e. The van der Waals surface area contributed by atoms with Crippen LogP contribution in [-0.2, 0) is 21.3 Å². The van der Waals surface area contributed by atoms with Crippen LogP contribution in [0.4, 0.5) is 0 Å². The van der Waals surface area contributed by atoms with E-state index in [0.717, 1.165) is 37.5 Å². The highest BCUT2D eigenvalue weighted by atomic mass is 127. The fraction of sp³-hybridized carbons (Fsp3) is 0.611. The first-order valence-electron chi connectivity index (χ1n) is 9.24. The predicted molar refractivity (Wildman–Crippen MR) is 117 cm³/mol. The molecule has 0 radical (unpaired) electrons. The lowest BCUT2D eigenvalue weighted by atomic mass is 10.2. The van der Waals surface area contributed by atoms with E-state index in [-0.39, 0.29) is 35.0 Å². The molecule has 2 saturated heterocycles. The van der Waals surface area contributed by atoms with Crippen molar-refractivity contribution in [1.82, 2.24) is 14.9 Å². The third-order valence-electron chi connectivity index (χ3n) is 4.83. The zero-order valence-electron chi connectivity index (χ0n) is 15.7. The molecule has 2 N–H and O–H groups in total. The predicted octanol–water partition coefficient (Wildman–Crippen LogP) is 1.93. The average Bonchev–Trinajstić information content (AvgIpc) is 3.35. The summed E-state index contributed by atoms with van der Waals surface area (Å²) in [4.78, 5) is 6.84. The van der Waals surface area contributed by atoms with Crippen molar-refractivity contribution in [2.24, 2.45) is 4.99 Å². The molecular weight excluding hydrogens is 479 g/mol. The minimum absolute atomic E-state index is 0. The maximum absolute atomic E-state index is 12.4. The Morgan fingerprint density at radius 3 is 2.52 bits per heavy atom. The van der Waals surface area contributed by atoms with Crippen molar-refractivity contribution in [1.29, 1.82) is 0 Å². The highest BCUT2D eigenvalue weighted by Crippen LogP contribution is 2.14. The summed E-state index contributed by atoms with van der Waals surface area (Å²) < 4.78 is 32.9. The average molecular weight is 508 g/mol. The molecule has 0 aromatic heterocycles. The first-order valence-corrected chi connectivity index (χ1v) is 10.7. The van der Waals surface area contributed by atoms with E-state index in [1.165, 1.54) is 12.8 Å². The molecule has 7 nitrogen and oxygen atoms in total. The van der Waals surface area contributed by atoms with E-state index in [1.807, 2.05) is 12.1 Å². The van der Waals surface area contributed by atoms with Gasteiger partial charge in [0.05, 0.1) is 11.0 Å². The van der Waals surface area contributed by atoms with Gasteiger partial charge in [-0.3, -0.25) is 4.99 Å². The molecule has 3 rings (SSSR count). The molecule has 2 aliphatic rings. The van der Waals surface area contributed by atoms with Gasteiger partial charge in [-0.05, 0) is 43.4 Å². The first-order chi connectivity index (χ1) is 12.6. The van der Waals surface area contributed by atoms with Gasteiger partial charge in [-0.15, -0.1) is 24.0 Å². The Bertz CT molecular complexity index is 713. The zero-order chi connectivity index (χ0) is 18.4. The molecule has 1 unspecified atom stereocenters. The number of sulfonamides is 1. The first kappa shape index (κ1) is 22.4. The highest BCUT2D eigenvalue weighted by molar-refractivity contribution is 14.0. The Hall–Kier alpha value is -0.910. The Morgan fingerprint density at radius 1 is 1.22 bits per heavy atom. The largest absolute Gasteiger partial charge is 0.377 e. The summed E-state index contributed by atoms with van der Waals surface area (Å²) in [5.74, 6) is 0.900. The number of nitrogens with one attached hydrogen (secondary N) is 2. The second-order valence-corrected chi connectivity index (χ2v) is 8.49. The monoisotopic (exact) mass is 508 g/mol. The number of ether oxygens (including phenoxy) is 1. The third-order valence-corrected chi connectivity index (χ3v) is 6.27. The summed E-state index contributed by atoms with van der Waals surface area (Å²) >= 11 is 0. The van der Waals surface area contributed by atoms with Gasteiger partial charge in [-0.2, -0.15) is 0 Å². The summed E-state index contributed by atoms with van der Waals surface area (Å²) in [7, 11) is -1.71. The Balaban J connectivity index is 0.00000261. The van der Waals surface area contributed by atoms with Crippen LogP contribution in [0.15, 0.2) is 34.2 Å².